The van der Waals surface area contributed by atoms with Crippen LogP contribution in [-0.2, 0) is 19.0 Å². The zero-order valence-corrected chi connectivity index (χ0v) is 20.0. The van der Waals surface area contributed by atoms with Gasteiger partial charge >= 0.3 is 17.6 Å². The molecule has 0 N–H and O–H groups in total. The standard InChI is InChI=1S/C26H29N3O5/c1-7-32-21(30)26-11-10-25(34-26)13-24(14-27,28-6)17-12-16-8-9-18(19(17)20(25)15(26)2)29(16)22(31)33-23(3,4)5/h10-12,16,18-20H,2,7-9,13H2,1,3-5H3/t16-,18?,19+,20-,24?,25?,26?/m0/s1. The van der Waals surface area contributed by atoms with Gasteiger partial charge in [0.2, 0.25) is 5.60 Å². The van der Waals surface area contributed by atoms with Crippen LogP contribution in [0.1, 0.15) is 47.0 Å². The Bertz CT molecular complexity index is 1120. The van der Waals surface area contributed by atoms with Crippen LogP contribution in [0.3, 0.4) is 0 Å². The van der Waals surface area contributed by atoms with Crippen molar-refractivity contribution in [1.82, 2.24) is 4.90 Å². The number of carbonyl (C=O) groups excluding carboxylic acids is 2. The van der Waals surface area contributed by atoms with Crippen molar-refractivity contribution in [3.8, 4) is 6.07 Å². The van der Waals surface area contributed by atoms with E-state index in [-0.39, 0.29) is 36.9 Å². The van der Waals surface area contributed by atoms with Crippen molar-refractivity contribution in [3.63, 3.8) is 0 Å². The molecule has 0 aromatic heterocycles. The molecule has 4 bridgehead atoms. The van der Waals surface area contributed by atoms with Crippen molar-refractivity contribution >= 4 is 12.1 Å². The molecule has 0 aromatic carbocycles. The van der Waals surface area contributed by atoms with E-state index in [1.54, 1.807) is 17.9 Å². The summed E-state index contributed by atoms with van der Waals surface area (Å²) in [5.41, 5.74) is -3.29. The maximum absolute atomic E-state index is 13.2. The minimum Gasteiger partial charge on any atom is -0.463 e. The number of nitrogens with zero attached hydrogens (tertiary/aromatic N) is 3. The summed E-state index contributed by atoms with van der Waals surface area (Å²) in [7, 11) is 0. The number of hydrogen-bond acceptors (Lipinski definition) is 6. The van der Waals surface area contributed by atoms with Gasteiger partial charge in [-0.05, 0) is 52.2 Å². The van der Waals surface area contributed by atoms with E-state index in [1.165, 1.54) is 0 Å². The van der Waals surface area contributed by atoms with Crippen LogP contribution in [-0.4, -0.2) is 58.0 Å². The SMILES string of the molecule is [C-]#[N+]C1(C#N)CC23C=CC(C(=O)OCC)(O2)C(=C)[C@H]3[C@@H]2C1=C[C@@H]1CCC2N1C(=O)OC(C)(C)C. The number of rotatable bonds is 2. The number of carbonyl (C=O) groups is 2. The van der Waals surface area contributed by atoms with Gasteiger partial charge in [0.1, 0.15) is 11.2 Å². The predicted molar refractivity (Wildman–Crippen MR) is 121 cm³/mol. The summed E-state index contributed by atoms with van der Waals surface area (Å²) >= 11 is 0. The lowest BCUT2D eigenvalue weighted by molar-refractivity contribution is -0.165. The molecule has 4 aliphatic heterocycles. The average molecular weight is 464 g/mol. The zero-order chi connectivity index (χ0) is 24.7. The quantitative estimate of drug-likeness (QED) is 0.352. The van der Waals surface area contributed by atoms with E-state index in [4.69, 9.17) is 20.8 Å². The Morgan fingerprint density at radius 1 is 1.38 bits per heavy atom. The summed E-state index contributed by atoms with van der Waals surface area (Å²) < 4.78 is 17.5. The third-order valence-corrected chi connectivity index (χ3v) is 7.88. The second-order valence-corrected chi connectivity index (χ2v) is 10.9. The Kier molecular flexibility index (Phi) is 4.64. The number of fused-ring (bicyclic) bond motifs is 6. The van der Waals surface area contributed by atoms with Crippen LogP contribution in [0, 0.1) is 29.7 Å². The largest absolute Gasteiger partial charge is 0.463 e. The average Bonchev–Trinajstić information content (AvgIpc) is 3.38. The summed E-state index contributed by atoms with van der Waals surface area (Å²) in [6.07, 6.45) is 6.51. The van der Waals surface area contributed by atoms with Crippen molar-refractivity contribution in [2.75, 3.05) is 6.61 Å². The van der Waals surface area contributed by atoms with Crippen molar-refractivity contribution in [2.24, 2.45) is 11.8 Å². The Hall–Kier alpha value is -3.10. The van der Waals surface area contributed by atoms with E-state index in [9.17, 15) is 14.9 Å². The number of amides is 1. The third-order valence-electron chi connectivity index (χ3n) is 7.88. The highest BCUT2D eigenvalue weighted by Crippen LogP contribution is 2.66. The van der Waals surface area contributed by atoms with Crippen LogP contribution in [0.15, 0.2) is 36.0 Å². The van der Waals surface area contributed by atoms with E-state index >= 15 is 0 Å². The van der Waals surface area contributed by atoms with Gasteiger partial charge in [-0.2, -0.15) is 5.26 Å². The van der Waals surface area contributed by atoms with Gasteiger partial charge in [-0.15, -0.1) is 0 Å². The second-order valence-electron chi connectivity index (χ2n) is 10.9. The summed E-state index contributed by atoms with van der Waals surface area (Å²) in [6, 6.07) is 1.75. The Morgan fingerprint density at radius 2 is 2.12 bits per heavy atom. The molecule has 1 saturated carbocycles. The number of nitriles is 1. The number of hydrogen-bond donors (Lipinski definition) is 0. The molecule has 8 heteroatoms. The molecule has 7 atom stereocenters. The Morgan fingerprint density at radius 3 is 2.74 bits per heavy atom. The normalized spacial score (nSPS) is 41.2. The van der Waals surface area contributed by atoms with Gasteiger partial charge < -0.3 is 14.2 Å². The molecule has 0 aromatic rings. The first kappa shape index (κ1) is 22.7. The highest BCUT2D eigenvalue weighted by molar-refractivity contribution is 5.89. The molecule has 178 valence electrons. The summed E-state index contributed by atoms with van der Waals surface area (Å²) in [6.45, 7) is 19.7. The van der Waals surface area contributed by atoms with Crippen LogP contribution in [0.5, 0.6) is 0 Å². The molecule has 5 aliphatic rings. The molecule has 1 amide bonds. The highest BCUT2D eigenvalue weighted by Gasteiger charge is 2.75. The molecule has 3 fully saturated rings. The Balaban J connectivity index is 1.64. The fourth-order valence-corrected chi connectivity index (χ4v) is 6.74. The predicted octanol–water partition coefficient (Wildman–Crippen LogP) is 3.71. The van der Waals surface area contributed by atoms with Crippen LogP contribution < -0.4 is 0 Å². The molecule has 1 spiro atoms. The van der Waals surface area contributed by atoms with Crippen molar-refractivity contribution < 1.29 is 23.8 Å². The maximum atomic E-state index is 13.2. The fraction of sp³-hybridized carbons (Fsp3) is 0.615. The van der Waals surface area contributed by atoms with E-state index < -0.39 is 34.4 Å². The minimum absolute atomic E-state index is 0.107. The topological polar surface area (TPSA) is 93.2 Å². The van der Waals surface area contributed by atoms with Gasteiger partial charge in [0, 0.05) is 23.5 Å². The molecular weight excluding hydrogens is 434 g/mol. The lowest BCUT2D eigenvalue weighted by Gasteiger charge is -2.51. The van der Waals surface area contributed by atoms with Crippen LogP contribution in [0.25, 0.3) is 4.85 Å². The molecule has 4 heterocycles. The molecule has 1 aliphatic carbocycles. The van der Waals surface area contributed by atoms with E-state index in [0.29, 0.717) is 12.0 Å². The molecule has 0 radical (unpaired) electrons. The minimum atomic E-state index is -1.44. The first-order valence-electron chi connectivity index (χ1n) is 11.8. The van der Waals surface area contributed by atoms with Crippen LogP contribution >= 0.6 is 0 Å². The van der Waals surface area contributed by atoms with Crippen LogP contribution in [0.4, 0.5) is 4.79 Å². The van der Waals surface area contributed by atoms with Gasteiger partial charge in [-0.3, -0.25) is 9.74 Å². The molecule has 4 unspecified atom stereocenters. The van der Waals surface area contributed by atoms with Gasteiger partial charge in [0.15, 0.2) is 6.07 Å². The fourth-order valence-electron chi connectivity index (χ4n) is 6.74. The Labute approximate surface area is 199 Å². The lowest BCUT2D eigenvalue weighted by Crippen LogP contribution is -2.61. The number of esters is 1. The summed E-state index contributed by atoms with van der Waals surface area (Å²) in [5, 5.41) is 10.3. The van der Waals surface area contributed by atoms with Crippen molar-refractivity contribution in [1.29, 1.82) is 5.26 Å². The van der Waals surface area contributed by atoms with E-state index in [1.807, 2.05) is 32.9 Å². The summed E-state index contributed by atoms with van der Waals surface area (Å²) in [5.74, 6) is -1.30. The third kappa shape index (κ3) is 2.72. The highest BCUT2D eigenvalue weighted by atomic mass is 16.6. The van der Waals surface area contributed by atoms with Gasteiger partial charge in [-0.25, -0.2) is 16.2 Å². The van der Waals surface area contributed by atoms with E-state index in [2.05, 4.69) is 17.5 Å². The monoisotopic (exact) mass is 463 g/mol. The van der Waals surface area contributed by atoms with Crippen molar-refractivity contribution in [3.05, 3.63) is 47.4 Å². The maximum Gasteiger partial charge on any atom is 0.411 e. The lowest BCUT2D eigenvalue weighted by atomic mass is 9.54. The summed E-state index contributed by atoms with van der Waals surface area (Å²) in [4.78, 5) is 31.9. The first-order valence-corrected chi connectivity index (χ1v) is 11.8. The molecule has 8 nitrogen and oxygen atoms in total. The first-order chi connectivity index (χ1) is 16.0. The molecule has 2 saturated heterocycles. The number of ether oxygens (including phenoxy) is 3. The van der Waals surface area contributed by atoms with Crippen LogP contribution in [0.2, 0.25) is 0 Å². The van der Waals surface area contributed by atoms with E-state index in [0.717, 1.165) is 12.0 Å². The molecule has 5 rings (SSSR count). The van der Waals surface area contributed by atoms with Crippen molar-refractivity contribution in [2.45, 2.75) is 81.4 Å². The van der Waals surface area contributed by atoms with Gasteiger partial charge in [-0.1, -0.05) is 18.7 Å². The van der Waals surface area contributed by atoms with Gasteiger partial charge in [0.05, 0.1) is 19.1 Å². The van der Waals surface area contributed by atoms with Gasteiger partial charge in [0.25, 0.3) is 0 Å². The zero-order valence-electron chi connectivity index (χ0n) is 20.0. The molecule has 34 heavy (non-hydrogen) atoms. The molecular formula is C26H29N3O5. The smallest absolute Gasteiger partial charge is 0.411 e. The second kappa shape index (κ2) is 6.96.